The molecule has 0 spiro atoms. The van der Waals surface area contributed by atoms with Gasteiger partial charge in [-0.3, -0.25) is 9.69 Å². The van der Waals surface area contributed by atoms with Crippen molar-refractivity contribution in [2.45, 2.75) is 25.5 Å². The Morgan fingerprint density at radius 3 is 2.23 bits per heavy atom. The summed E-state index contributed by atoms with van der Waals surface area (Å²) < 4.78 is 0.446. The number of phenols is 1. The molecule has 7 nitrogen and oxygen atoms in total. The maximum Gasteiger partial charge on any atom is 0.153 e. The van der Waals surface area contributed by atoms with Gasteiger partial charge in [0.2, 0.25) is 0 Å². The number of hydrogen-bond donors (Lipinski definition) is 2. The number of carbonyl (C=O) groups excluding carboxylic acids is 1. The number of aliphatic hydroxyl groups excluding tert-OH is 1. The van der Waals surface area contributed by atoms with Crippen molar-refractivity contribution in [3.63, 3.8) is 0 Å². The lowest BCUT2D eigenvalue weighted by molar-refractivity contribution is -0.933. The summed E-state index contributed by atoms with van der Waals surface area (Å²) in [6.07, 6.45) is 4.18. The van der Waals surface area contributed by atoms with Crippen molar-refractivity contribution in [1.82, 2.24) is 4.90 Å². The number of hydrogen-bond acceptors (Lipinski definition) is 6. The van der Waals surface area contributed by atoms with Gasteiger partial charge in [0.15, 0.2) is 6.29 Å². The highest BCUT2D eigenvalue weighted by molar-refractivity contribution is 5.79. The lowest BCUT2D eigenvalue weighted by Gasteiger charge is -2.39. The molecule has 0 aliphatic rings. The van der Waals surface area contributed by atoms with Gasteiger partial charge in [0.05, 0.1) is 30.8 Å². The van der Waals surface area contributed by atoms with Gasteiger partial charge in [0.1, 0.15) is 24.9 Å². The first-order valence-corrected chi connectivity index (χ1v) is 9.92. The molecule has 1 atom stereocenters. The highest BCUT2D eigenvalue weighted by Gasteiger charge is 2.30. The number of aldehydes is 1. The van der Waals surface area contributed by atoms with E-state index in [-0.39, 0.29) is 11.3 Å². The van der Waals surface area contributed by atoms with E-state index in [2.05, 4.69) is 25.3 Å². The summed E-state index contributed by atoms with van der Waals surface area (Å²) in [5.41, 5.74) is 1.08. The molecule has 2 N–H and O–H groups in total. The number of nitrogens with zero attached hydrogens (tertiary/aromatic N) is 4. The fourth-order valence-corrected chi connectivity index (χ4v) is 3.66. The Balaban J connectivity index is 3.03. The zero-order valence-corrected chi connectivity index (χ0v) is 17.4. The molecule has 0 saturated heterocycles. The van der Waals surface area contributed by atoms with Crippen LogP contribution in [-0.2, 0) is 6.54 Å². The van der Waals surface area contributed by atoms with Crippen molar-refractivity contribution in [2.24, 2.45) is 0 Å². The van der Waals surface area contributed by atoms with Crippen molar-refractivity contribution in [1.29, 1.82) is 10.5 Å². The number of rotatable bonds is 15. The second-order valence-electron chi connectivity index (χ2n) is 7.41. The third-order valence-electron chi connectivity index (χ3n) is 4.92. The van der Waals surface area contributed by atoms with E-state index in [0.717, 1.165) is 5.56 Å². The van der Waals surface area contributed by atoms with Crippen LogP contribution in [0, 0.1) is 22.7 Å². The number of aromatic hydroxyl groups is 1. The van der Waals surface area contributed by atoms with E-state index in [9.17, 15) is 15.0 Å². The maximum atomic E-state index is 11.2. The summed E-state index contributed by atoms with van der Waals surface area (Å²) in [4.78, 5) is 13.1. The van der Waals surface area contributed by atoms with Crippen molar-refractivity contribution >= 4 is 6.29 Å². The first-order chi connectivity index (χ1) is 14.4. The molecular formula is C23H31N4O3+. The minimum absolute atomic E-state index is 0.0649. The van der Waals surface area contributed by atoms with Gasteiger partial charge in [-0.25, -0.2) is 0 Å². The molecule has 1 aromatic carbocycles. The molecule has 0 amide bonds. The third kappa shape index (κ3) is 8.18. The Morgan fingerprint density at radius 1 is 1.13 bits per heavy atom. The smallest absolute Gasteiger partial charge is 0.153 e. The van der Waals surface area contributed by atoms with E-state index in [4.69, 9.17) is 10.5 Å². The van der Waals surface area contributed by atoms with Crippen LogP contribution in [0.15, 0.2) is 43.5 Å². The van der Waals surface area contributed by atoms with Gasteiger partial charge in [-0.2, -0.15) is 10.5 Å². The van der Waals surface area contributed by atoms with Crippen LogP contribution in [0.5, 0.6) is 5.75 Å². The average molecular weight is 412 g/mol. The molecule has 0 fully saturated rings. The zero-order chi connectivity index (χ0) is 22.4. The number of nitriles is 2. The first kappa shape index (κ1) is 25.1. The Kier molecular flexibility index (Phi) is 11.1. The molecule has 0 aliphatic heterocycles. The van der Waals surface area contributed by atoms with Crippen LogP contribution in [-0.4, -0.2) is 71.3 Å². The maximum absolute atomic E-state index is 11.2. The van der Waals surface area contributed by atoms with Crippen LogP contribution in [0.2, 0.25) is 0 Å². The van der Waals surface area contributed by atoms with Gasteiger partial charge in [-0.1, -0.05) is 13.2 Å². The third-order valence-corrected chi connectivity index (χ3v) is 4.92. The number of aliphatic hydroxyl groups is 1. The van der Waals surface area contributed by atoms with Crippen molar-refractivity contribution in [3.05, 3.63) is 54.6 Å². The van der Waals surface area contributed by atoms with Crippen LogP contribution < -0.4 is 0 Å². The Labute approximate surface area is 179 Å². The van der Waals surface area contributed by atoms with E-state index in [0.29, 0.717) is 69.4 Å². The first-order valence-electron chi connectivity index (χ1n) is 9.92. The molecule has 0 saturated carbocycles. The van der Waals surface area contributed by atoms with Gasteiger partial charge < -0.3 is 14.7 Å². The van der Waals surface area contributed by atoms with Crippen molar-refractivity contribution in [3.8, 4) is 17.9 Å². The summed E-state index contributed by atoms with van der Waals surface area (Å²) in [5.74, 6) is -0.0649. The fourth-order valence-electron chi connectivity index (χ4n) is 3.66. The normalized spacial score (nSPS) is 12.0. The number of carbonyl (C=O) groups is 1. The number of benzene rings is 1. The van der Waals surface area contributed by atoms with E-state index >= 15 is 0 Å². The fraction of sp³-hybridized carbons (Fsp3) is 0.435. The number of quaternary nitrogens is 1. The van der Waals surface area contributed by atoms with Gasteiger partial charge in [0.25, 0.3) is 0 Å². The highest BCUT2D eigenvalue weighted by Crippen LogP contribution is 2.22. The predicted molar refractivity (Wildman–Crippen MR) is 115 cm³/mol. The lowest BCUT2D eigenvalue weighted by Crippen LogP contribution is -2.53. The minimum atomic E-state index is -0.690. The quantitative estimate of drug-likeness (QED) is 0.261. The molecule has 1 aromatic rings. The van der Waals surface area contributed by atoms with E-state index in [1.807, 2.05) is 4.90 Å². The molecular weight excluding hydrogens is 380 g/mol. The molecule has 0 aromatic heterocycles. The Morgan fingerprint density at radius 2 is 1.73 bits per heavy atom. The molecule has 0 radical (unpaired) electrons. The summed E-state index contributed by atoms with van der Waals surface area (Å²) in [6.45, 7) is 11.2. The average Bonchev–Trinajstić information content (AvgIpc) is 2.71. The van der Waals surface area contributed by atoms with Gasteiger partial charge in [0, 0.05) is 38.0 Å². The van der Waals surface area contributed by atoms with Gasteiger partial charge in [-0.05, 0) is 30.4 Å². The molecule has 0 bridgehead atoms. The molecule has 1 unspecified atom stereocenters. The topological polar surface area (TPSA) is 108 Å². The van der Waals surface area contributed by atoms with Gasteiger partial charge in [-0.15, -0.1) is 0 Å². The minimum Gasteiger partial charge on any atom is -0.507 e. The summed E-state index contributed by atoms with van der Waals surface area (Å²) in [5, 5.41) is 38.3. The van der Waals surface area contributed by atoms with E-state index in [1.54, 1.807) is 24.3 Å². The second-order valence-corrected chi connectivity index (χ2v) is 7.41. The monoisotopic (exact) mass is 411 g/mol. The standard InChI is InChI=1S/C23H30N4O3/c1-3-13-27(14-4-2,17-20-7-8-23(30)21(15-20)19-28)18-22(29)16-26(11-5-9-24)12-6-10-25/h3-4,7-8,15,19,22,29H,1-2,5-6,11-14,16-18H2/p+1. The van der Waals surface area contributed by atoms with Gasteiger partial charge >= 0.3 is 0 Å². The summed E-state index contributed by atoms with van der Waals surface area (Å²) in [6, 6.07) is 9.11. The highest BCUT2D eigenvalue weighted by atomic mass is 16.3. The van der Waals surface area contributed by atoms with E-state index in [1.165, 1.54) is 6.07 Å². The molecule has 0 aliphatic carbocycles. The van der Waals surface area contributed by atoms with Crippen molar-refractivity contribution < 1.29 is 19.5 Å². The van der Waals surface area contributed by atoms with Crippen molar-refractivity contribution in [2.75, 3.05) is 39.3 Å². The molecule has 0 heterocycles. The predicted octanol–water partition coefficient (Wildman–Crippen LogP) is 2.38. The van der Waals surface area contributed by atoms with Crippen LogP contribution in [0.3, 0.4) is 0 Å². The number of phenolic OH excluding ortho intramolecular Hbond substituents is 1. The SMILES string of the molecule is C=CC[N+](CC=C)(Cc1ccc(O)c(C=O)c1)CC(O)CN(CCC#N)CCC#N. The second kappa shape index (κ2) is 13.3. The summed E-state index contributed by atoms with van der Waals surface area (Å²) >= 11 is 0. The van der Waals surface area contributed by atoms with Crippen LogP contribution in [0.1, 0.15) is 28.8 Å². The lowest BCUT2D eigenvalue weighted by atomic mass is 10.1. The van der Waals surface area contributed by atoms with Crippen LogP contribution >= 0.6 is 0 Å². The molecule has 1 rings (SSSR count). The Bertz CT molecular complexity index is 767. The van der Waals surface area contributed by atoms with Crippen LogP contribution in [0.4, 0.5) is 0 Å². The van der Waals surface area contributed by atoms with Crippen LogP contribution in [0.25, 0.3) is 0 Å². The summed E-state index contributed by atoms with van der Waals surface area (Å²) in [7, 11) is 0. The largest absolute Gasteiger partial charge is 0.507 e. The molecule has 160 valence electrons. The zero-order valence-electron chi connectivity index (χ0n) is 17.4. The molecule has 7 heteroatoms. The molecule has 30 heavy (non-hydrogen) atoms. The van der Waals surface area contributed by atoms with E-state index < -0.39 is 6.10 Å². The Hall–Kier alpha value is -2.97.